The Hall–Kier alpha value is -1.14. The molecule has 102 valence electrons. The predicted octanol–water partition coefficient (Wildman–Crippen LogP) is 0.874. The van der Waals surface area contributed by atoms with E-state index >= 15 is 0 Å². The number of aromatic amines is 1. The summed E-state index contributed by atoms with van der Waals surface area (Å²) in [5, 5.41) is 10.6. The minimum atomic E-state index is -0.422. The lowest BCUT2D eigenvalue weighted by Gasteiger charge is -2.30. The number of nitrogens with one attached hydrogen (secondary N) is 2. The maximum Gasteiger partial charge on any atom is 0.244 e. The lowest BCUT2D eigenvalue weighted by Crippen LogP contribution is -2.41. The standard InChI is InChI=1S/C12H23N5O/c1-12(2,18-4)10-14-11(16-15-10)17-7-5-9(13-3)6-8-17/h9,13H,5-8H2,1-4H3,(H,14,15,16). The van der Waals surface area contributed by atoms with Crippen molar-refractivity contribution in [2.75, 3.05) is 32.1 Å². The third-order valence-electron chi connectivity index (χ3n) is 3.74. The molecule has 0 radical (unpaired) electrons. The Morgan fingerprint density at radius 1 is 1.39 bits per heavy atom. The highest BCUT2D eigenvalue weighted by atomic mass is 16.5. The van der Waals surface area contributed by atoms with E-state index in [0.29, 0.717) is 6.04 Å². The molecule has 0 atom stereocenters. The van der Waals surface area contributed by atoms with Crippen molar-refractivity contribution in [3.8, 4) is 0 Å². The van der Waals surface area contributed by atoms with Crippen LogP contribution >= 0.6 is 0 Å². The normalized spacial score (nSPS) is 18.3. The monoisotopic (exact) mass is 253 g/mol. The molecule has 6 heteroatoms. The number of hydrogen-bond donors (Lipinski definition) is 2. The van der Waals surface area contributed by atoms with Crippen LogP contribution in [0.15, 0.2) is 0 Å². The van der Waals surface area contributed by atoms with Crippen LogP contribution < -0.4 is 10.2 Å². The van der Waals surface area contributed by atoms with Crippen molar-refractivity contribution in [3.63, 3.8) is 0 Å². The van der Waals surface area contributed by atoms with E-state index in [-0.39, 0.29) is 0 Å². The first-order chi connectivity index (χ1) is 8.56. The molecule has 0 spiro atoms. The molecule has 1 saturated heterocycles. The van der Waals surface area contributed by atoms with E-state index in [2.05, 4.69) is 25.4 Å². The van der Waals surface area contributed by atoms with Crippen LogP contribution in [-0.2, 0) is 10.3 Å². The Kier molecular flexibility index (Phi) is 3.87. The van der Waals surface area contributed by atoms with Gasteiger partial charge in [0.05, 0.1) is 0 Å². The summed E-state index contributed by atoms with van der Waals surface area (Å²) >= 11 is 0. The molecular formula is C12H23N5O. The summed E-state index contributed by atoms with van der Waals surface area (Å²) in [6.07, 6.45) is 2.27. The van der Waals surface area contributed by atoms with Gasteiger partial charge in [0.2, 0.25) is 5.95 Å². The second-order valence-electron chi connectivity index (χ2n) is 5.25. The quantitative estimate of drug-likeness (QED) is 0.833. The van der Waals surface area contributed by atoms with Crippen molar-refractivity contribution >= 4 is 5.95 Å². The van der Waals surface area contributed by atoms with Crippen molar-refractivity contribution in [1.29, 1.82) is 0 Å². The van der Waals surface area contributed by atoms with Gasteiger partial charge in [-0.1, -0.05) is 0 Å². The average molecular weight is 253 g/mol. The highest BCUT2D eigenvalue weighted by Crippen LogP contribution is 2.23. The molecule has 0 bridgehead atoms. The number of H-pyrrole nitrogens is 1. The fourth-order valence-corrected chi connectivity index (χ4v) is 2.13. The molecule has 18 heavy (non-hydrogen) atoms. The lowest BCUT2D eigenvalue weighted by atomic mass is 10.1. The molecule has 2 heterocycles. The average Bonchev–Trinajstić information content (AvgIpc) is 2.89. The minimum absolute atomic E-state index is 0.422. The van der Waals surface area contributed by atoms with Gasteiger partial charge in [0, 0.05) is 26.2 Å². The van der Waals surface area contributed by atoms with Gasteiger partial charge in [-0.15, -0.1) is 5.10 Å². The Bertz CT molecular complexity index is 382. The highest BCUT2D eigenvalue weighted by Gasteiger charge is 2.26. The van der Waals surface area contributed by atoms with Crippen molar-refractivity contribution in [2.24, 2.45) is 0 Å². The van der Waals surface area contributed by atoms with Crippen LogP contribution in [0.5, 0.6) is 0 Å². The Labute approximate surface area is 108 Å². The zero-order chi connectivity index (χ0) is 13.2. The molecule has 1 aromatic heterocycles. The van der Waals surface area contributed by atoms with E-state index in [4.69, 9.17) is 4.74 Å². The molecule has 0 saturated carbocycles. The summed E-state index contributed by atoms with van der Waals surface area (Å²) in [7, 11) is 3.70. The smallest absolute Gasteiger partial charge is 0.244 e. The topological polar surface area (TPSA) is 66.1 Å². The van der Waals surface area contributed by atoms with Gasteiger partial charge in [0.25, 0.3) is 0 Å². The summed E-state index contributed by atoms with van der Waals surface area (Å²) in [6, 6.07) is 0.620. The molecule has 0 aliphatic carbocycles. The van der Waals surface area contributed by atoms with Crippen molar-refractivity contribution in [1.82, 2.24) is 20.5 Å². The van der Waals surface area contributed by atoms with Gasteiger partial charge >= 0.3 is 0 Å². The Balaban J connectivity index is 2.03. The van der Waals surface area contributed by atoms with Crippen LogP contribution in [0, 0.1) is 0 Å². The van der Waals surface area contributed by atoms with E-state index in [1.165, 1.54) is 0 Å². The van der Waals surface area contributed by atoms with Gasteiger partial charge in [0.15, 0.2) is 5.82 Å². The third kappa shape index (κ3) is 2.64. The summed E-state index contributed by atoms with van der Waals surface area (Å²) in [5.74, 6) is 1.56. The Morgan fingerprint density at radius 2 is 2.06 bits per heavy atom. The second kappa shape index (κ2) is 5.24. The fourth-order valence-electron chi connectivity index (χ4n) is 2.13. The predicted molar refractivity (Wildman–Crippen MR) is 70.7 cm³/mol. The first-order valence-corrected chi connectivity index (χ1v) is 6.47. The largest absolute Gasteiger partial charge is 0.371 e. The number of ether oxygens (including phenoxy) is 1. The van der Waals surface area contributed by atoms with Crippen LogP contribution in [0.4, 0.5) is 5.95 Å². The van der Waals surface area contributed by atoms with Crippen LogP contribution in [0.2, 0.25) is 0 Å². The number of aromatic nitrogens is 3. The molecule has 1 aliphatic heterocycles. The highest BCUT2D eigenvalue weighted by molar-refractivity contribution is 5.30. The summed E-state index contributed by atoms with van der Waals surface area (Å²) in [4.78, 5) is 6.76. The number of piperidine rings is 1. The van der Waals surface area contributed by atoms with Crippen LogP contribution in [0.1, 0.15) is 32.5 Å². The molecular weight excluding hydrogens is 230 g/mol. The third-order valence-corrected chi connectivity index (χ3v) is 3.74. The molecule has 0 amide bonds. The van der Waals surface area contributed by atoms with Gasteiger partial charge in [0.1, 0.15) is 5.60 Å². The number of rotatable bonds is 4. The van der Waals surface area contributed by atoms with Gasteiger partial charge in [-0.05, 0) is 33.7 Å². The summed E-state index contributed by atoms with van der Waals surface area (Å²) < 4.78 is 5.40. The first kappa shape index (κ1) is 13.3. The zero-order valence-corrected chi connectivity index (χ0v) is 11.7. The molecule has 1 aliphatic rings. The number of methoxy groups -OCH3 is 1. The molecule has 1 fully saturated rings. The first-order valence-electron chi connectivity index (χ1n) is 6.47. The van der Waals surface area contributed by atoms with E-state index in [1.54, 1.807) is 7.11 Å². The SMILES string of the molecule is CNC1CCN(c2n[nH]c(C(C)(C)OC)n2)CC1. The molecule has 2 rings (SSSR count). The lowest BCUT2D eigenvalue weighted by molar-refractivity contribution is 0.0118. The van der Waals surface area contributed by atoms with Crippen molar-refractivity contribution < 1.29 is 4.74 Å². The van der Waals surface area contributed by atoms with Gasteiger partial charge in [-0.3, -0.25) is 5.10 Å². The maximum atomic E-state index is 5.40. The number of hydrogen-bond acceptors (Lipinski definition) is 5. The van der Waals surface area contributed by atoms with Gasteiger partial charge in [-0.2, -0.15) is 4.98 Å². The fraction of sp³-hybridized carbons (Fsp3) is 0.833. The Morgan fingerprint density at radius 3 is 2.61 bits per heavy atom. The molecule has 6 nitrogen and oxygen atoms in total. The van der Waals surface area contributed by atoms with E-state index in [1.807, 2.05) is 20.9 Å². The molecule has 1 aromatic rings. The summed E-state index contributed by atoms with van der Waals surface area (Å²) in [6.45, 7) is 5.95. The van der Waals surface area contributed by atoms with E-state index in [0.717, 1.165) is 37.7 Å². The van der Waals surface area contributed by atoms with Crippen LogP contribution in [0.25, 0.3) is 0 Å². The molecule has 2 N–H and O–H groups in total. The summed E-state index contributed by atoms with van der Waals surface area (Å²) in [5.41, 5.74) is -0.422. The number of nitrogens with zero attached hydrogens (tertiary/aromatic N) is 3. The van der Waals surface area contributed by atoms with Crippen LogP contribution in [0.3, 0.4) is 0 Å². The van der Waals surface area contributed by atoms with Gasteiger partial charge in [-0.25, -0.2) is 0 Å². The van der Waals surface area contributed by atoms with Crippen molar-refractivity contribution in [2.45, 2.75) is 38.3 Å². The second-order valence-corrected chi connectivity index (χ2v) is 5.25. The van der Waals surface area contributed by atoms with E-state index in [9.17, 15) is 0 Å². The van der Waals surface area contributed by atoms with Crippen LogP contribution in [-0.4, -0.2) is 48.5 Å². The molecule has 0 unspecified atom stereocenters. The number of anilines is 1. The zero-order valence-electron chi connectivity index (χ0n) is 11.7. The minimum Gasteiger partial charge on any atom is -0.371 e. The van der Waals surface area contributed by atoms with E-state index < -0.39 is 5.60 Å². The maximum absolute atomic E-state index is 5.40. The van der Waals surface area contributed by atoms with Crippen molar-refractivity contribution in [3.05, 3.63) is 5.82 Å². The molecule has 0 aromatic carbocycles. The van der Waals surface area contributed by atoms with Gasteiger partial charge < -0.3 is 15.0 Å².